The highest BCUT2D eigenvalue weighted by atomic mass is 19.4. The number of halogens is 7. The van der Waals surface area contributed by atoms with Crippen molar-refractivity contribution in [2.24, 2.45) is 0 Å². The molecule has 0 aliphatic rings. The monoisotopic (exact) mass is 340 g/mol. The molecule has 0 aliphatic carbocycles. The quantitative estimate of drug-likeness (QED) is 0.667. The van der Waals surface area contributed by atoms with Crippen LogP contribution in [0.3, 0.4) is 0 Å². The molecule has 0 bridgehead atoms. The van der Waals surface area contributed by atoms with Gasteiger partial charge in [0.15, 0.2) is 23.3 Å². The summed E-state index contributed by atoms with van der Waals surface area (Å²) >= 11 is 0. The largest absolute Gasteiger partial charge is 0.573 e. The van der Waals surface area contributed by atoms with Crippen molar-refractivity contribution in [1.29, 1.82) is 0 Å². The third-order valence-electron chi connectivity index (χ3n) is 2.87. The maximum absolute atomic E-state index is 13.9. The van der Waals surface area contributed by atoms with Crippen molar-refractivity contribution in [3.63, 3.8) is 0 Å². The number of aliphatic hydroxyl groups is 1. The lowest BCUT2D eigenvalue weighted by Crippen LogP contribution is -2.17. The van der Waals surface area contributed by atoms with E-state index in [4.69, 9.17) is 5.11 Å². The van der Waals surface area contributed by atoms with Gasteiger partial charge in [0.05, 0.1) is 17.7 Å². The van der Waals surface area contributed by atoms with Gasteiger partial charge < -0.3 is 9.84 Å². The maximum Gasteiger partial charge on any atom is 0.573 e. The molecule has 0 fully saturated rings. The normalized spacial score (nSPS) is 11.7. The van der Waals surface area contributed by atoms with Crippen LogP contribution >= 0.6 is 0 Å². The van der Waals surface area contributed by atoms with Gasteiger partial charge in [-0.25, -0.2) is 17.6 Å². The van der Waals surface area contributed by atoms with Crippen molar-refractivity contribution in [3.8, 4) is 16.9 Å². The van der Waals surface area contributed by atoms with E-state index < -0.39 is 58.7 Å². The molecular weight excluding hydrogens is 333 g/mol. The molecule has 1 N–H and O–H groups in total. The van der Waals surface area contributed by atoms with E-state index in [2.05, 4.69) is 4.74 Å². The van der Waals surface area contributed by atoms with Crippen LogP contribution in [0.25, 0.3) is 11.1 Å². The summed E-state index contributed by atoms with van der Waals surface area (Å²) in [6, 6.07) is 3.33. The number of ether oxygens (including phenoxy) is 1. The average Bonchev–Trinajstić information content (AvgIpc) is 2.45. The fourth-order valence-corrected chi connectivity index (χ4v) is 1.92. The molecule has 0 saturated heterocycles. The number of benzene rings is 2. The summed E-state index contributed by atoms with van der Waals surface area (Å²) in [6.07, 6.45) is -5.05. The van der Waals surface area contributed by atoms with Crippen molar-refractivity contribution in [1.82, 2.24) is 0 Å². The van der Waals surface area contributed by atoms with Crippen LogP contribution < -0.4 is 4.74 Å². The summed E-state index contributed by atoms with van der Waals surface area (Å²) in [6.45, 7) is -1.29. The van der Waals surface area contributed by atoms with Gasteiger partial charge in [0.1, 0.15) is 5.75 Å². The fourth-order valence-electron chi connectivity index (χ4n) is 1.92. The zero-order valence-electron chi connectivity index (χ0n) is 11.0. The Labute approximate surface area is 124 Å². The molecule has 9 heteroatoms. The van der Waals surface area contributed by atoms with E-state index in [1.807, 2.05) is 0 Å². The first-order chi connectivity index (χ1) is 10.7. The fraction of sp³-hybridized carbons (Fsp3) is 0.143. The van der Waals surface area contributed by atoms with Crippen LogP contribution in [0.1, 0.15) is 5.56 Å². The molecule has 2 rings (SSSR count). The number of rotatable bonds is 3. The summed E-state index contributed by atoms with van der Waals surface area (Å²) in [5, 5.41) is 8.72. The molecular formula is C14H7F7O2. The van der Waals surface area contributed by atoms with E-state index in [9.17, 15) is 30.7 Å². The van der Waals surface area contributed by atoms with Gasteiger partial charge in [-0.05, 0) is 17.7 Å². The number of aliphatic hydroxyl groups excluding tert-OH is 1. The van der Waals surface area contributed by atoms with Crippen molar-refractivity contribution in [3.05, 3.63) is 53.1 Å². The second-order valence-corrected chi connectivity index (χ2v) is 4.34. The number of hydrogen-bond acceptors (Lipinski definition) is 2. The Morgan fingerprint density at radius 1 is 0.913 bits per heavy atom. The Kier molecular flexibility index (Phi) is 4.51. The minimum Gasteiger partial charge on any atom is -0.406 e. The van der Waals surface area contributed by atoms with Crippen LogP contribution in [-0.2, 0) is 6.61 Å². The molecule has 2 aromatic rings. The Balaban J connectivity index is 2.62. The van der Waals surface area contributed by atoms with E-state index in [1.54, 1.807) is 0 Å². The van der Waals surface area contributed by atoms with Gasteiger partial charge in [0.25, 0.3) is 0 Å². The highest BCUT2D eigenvalue weighted by Gasteiger charge is 2.31. The van der Waals surface area contributed by atoms with Crippen molar-refractivity contribution < 1.29 is 40.6 Å². The zero-order chi connectivity index (χ0) is 17.4. The standard InChI is InChI=1S/C14H7F7O2/c15-10-8(5-22)11(16)13(18)9(12(10)17)6-2-1-3-7(4-6)23-14(19,20)21/h1-4,22H,5H2. The Morgan fingerprint density at radius 2 is 1.48 bits per heavy atom. The molecule has 0 spiro atoms. The summed E-state index contributed by atoms with van der Waals surface area (Å²) in [7, 11) is 0. The molecule has 2 nitrogen and oxygen atoms in total. The van der Waals surface area contributed by atoms with Crippen molar-refractivity contribution >= 4 is 0 Å². The second kappa shape index (κ2) is 6.07. The third-order valence-corrected chi connectivity index (χ3v) is 2.87. The minimum atomic E-state index is -5.05. The van der Waals surface area contributed by atoms with Gasteiger partial charge in [-0.3, -0.25) is 0 Å². The van der Waals surface area contributed by atoms with Crippen LogP contribution in [-0.4, -0.2) is 11.5 Å². The zero-order valence-corrected chi connectivity index (χ0v) is 11.0. The molecule has 0 unspecified atom stereocenters. The highest BCUT2D eigenvalue weighted by Crippen LogP contribution is 2.34. The summed E-state index contributed by atoms with van der Waals surface area (Å²) in [4.78, 5) is 0. The van der Waals surface area contributed by atoms with Crippen molar-refractivity contribution in [2.75, 3.05) is 0 Å². The molecule has 2 aromatic carbocycles. The van der Waals surface area contributed by atoms with Crippen LogP contribution in [0.15, 0.2) is 24.3 Å². The van der Waals surface area contributed by atoms with E-state index >= 15 is 0 Å². The Hall–Kier alpha value is -2.29. The smallest absolute Gasteiger partial charge is 0.406 e. The van der Waals surface area contributed by atoms with Gasteiger partial charge >= 0.3 is 6.36 Å². The topological polar surface area (TPSA) is 29.5 Å². The van der Waals surface area contributed by atoms with E-state index in [0.29, 0.717) is 6.07 Å². The van der Waals surface area contributed by atoms with Gasteiger partial charge in [-0.1, -0.05) is 12.1 Å². The molecule has 23 heavy (non-hydrogen) atoms. The predicted octanol–water partition coefficient (Wildman–Crippen LogP) is 4.30. The Bertz CT molecular complexity index is 712. The third kappa shape index (κ3) is 3.39. The van der Waals surface area contributed by atoms with Crippen LogP contribution in [0, 0.1) is 23.3 Å². The van der Waals surface area contributed by atoms with Crippen molar-refractivity contribution in [2.45, 2.75) is 13.0 Å². The molecule has 124 valence electrons. The second-order valence-electron chi connectivity index (χ2n) is 4.34. The van der Waals surface area contributed by atoms with Gasteiger partial charge in [0, 0.05) is 0 Å². The van der Waals surface area contributed by atoms with Gasteiger partial charge in [-0.15, -0.1) is 13.2 Å². The molecule has 0 saturated carbocycles. The molecule has 0 aliphatic heterocycles. The lowest BCUT2D eigenvalue weighted by Gasteiger charge is -2.13. The van der Waals surface area contributed by atoms with Gasteiger partial charge in [-0.2, -0.15) is 0 Å². The minimum absolute atomic E-state index is 0.566. The highest BCUT2D eigenvalue weighted by molar-refractivity contribution is 5.67. The van der Waals surface area contributed by atoms with E-state index in [1.165, 1.54) is 0 Å². The SMILES string of the molecule is OCc1c(F)c(F)c(-c2cccc(OC(F)(F)F)c2)c(F)c1F. The molecule has 0 aromatic heterocycles. The molecule has 0 heterocycles. The predicted molar refractivity (Wildman–Crippen MR) is 64.3 cm³/mol. The molecule has 0 radical (unpaired) electrons. The average molecular weight is 340 g/mol. The number of alkyl halides is 3. The first kappa shape index (κ1) is 17.1. The van der Waals surface area contributed by atoms with Crippen LogP contribution in [0.5, 0.6) is 5.75 Å². The van der Waals surface area contributed by atoms with E-state index in [0.717, 1.165) is 18.2 Å². The van der Waals surface area contributed by atoms with Crippen LogP contribution in [0.4, 0.5) is 30.7 Å². The lowest BCUT2D eigenvalue weighted by molar-refractivity contribution is -0.274. The summed E-state index contributed by atoms with van der Waals surface area (Å²) in [5.74, 6) is -8.15. The first-order valence-corrected chi connectivity index (χ1v) is 5.97. The number of hydrogen-bond donors (Lipinski definition) is 1. The molecule has 0 atom stereocenters. The first-order valence-electron chi connectivity index (χ1n) is 5.97. The summed E-state index contributed by atoms with van der Waals surface area (Å²) < 4.78 is 95.0. The van der Waals surface area contributed by atoms with Crippen LogP contribution in [0.2, 0.25) is 0 Å². The summed E-state index contributed by atoms with van der Waals surface area (Å²) in [5.41, 5.74) is -2.99. The van der Waals surface area contributed by atoms with Gasteiger partial charge in [0.2, 0.25) is 0 Å². The lowest BCUT2D eigenvalue weighted by atomic mass is 10.0. The van der Waals surface area contributed by atoms with E-state index in [-0.39, 0.29) is 0 Å². The Morgan fingerprint density at radius 3 is 1.96 bits per heavy atom. The molecule has 0 amide bonds. The maximum atomic E-state index is 13.9.